The molecule has 4 heteroatoms. The molecule has 2 aromatic carbocycles. The Morgan fingerprint density at radius 2 is 1.46 bits per heavy atom. The number of hydrogen-bond donors (Lipinski definition) is 2. The van der Waals surface area contributed by atoms with Gasteiger partial charge in [0.05, 0.1) is 12.7 Å². The maximum absolute atomic E-state index is 5.60. The van der Waals surface area contributed by atoms with Gasteiger partial charge in [-0.1, -0.05) is 48.5 Å². The van der Waals surface area contributed by atoms with Gasteiger partial charge in [0.2, 0.25) is 0 Å². The molecule has 0 saturated carbocycles. The zero-order valence-electron chi connectivity index (χ0n) is 14.2. The van der Waals surface area contributed by atoms with E-state index in [1.54, 1.807) is 0 Å². The van der Waals surface area contributed by atoms with Crippen LogP contribution in [0, 0.1) is 0 Å². The van der Waals surface area contributed by atoms with Crippen LogP contribution in [0.3, 0.4) is 0 Å². The molecule has 0 spiro atoms. The normalized spacial score (nSPS) is 20.8. The Hall–Kier alpha value is -1.88. The predicted octanol–water partition coefficient (Wildman–Crippen LogP) is 2.44. The van der Waals surface area contributed by atoms with Gasteiger partial charge < -0.3 is 20.3 Å². The van der Waals surface area contributed by atoms with Crippen molar-refractivity contribution in [1.29, 1.82) is 0 Å². The van der Waals surface area contributed by atoms with E-state index in [0.29, 0.717) is 0 Å². The summed E-state index contributed by atoms with van der Waals surface area (Å²) in [5, 5.41) is 6.65. The number of para-hydroxylation sites is 1. The van der Waals surface area contributed by atoms with Crippen LogP contribution in [0.25, 0.3) is 0 Å². The molecule has 2 saturated heterocycles. The summed E-state index contributed by atoms with van der Waals surface area (Å²) >= 11 is 0. The molecule has 0 radical (unpaired) electrons. The van der Waals surface area contributed by atoms with E-state index in [1.807, 2.05) is 18.2 Å². The lowest BCUT2D eigenvalue weighted by Gasteiger charge is -2.29. The van der Waals surface area contributed by atoms with E-state index in [4.69, 9.17) is 4.74 Å². The van der Waals surface area contributed by atoms with E-state index in [-0.39, 0.29) is 6.10 Å². The molecule has 0 aromatic heterocycles. The summed E-state index contributed by atoms with van der Waals surface area (Å²) in [6.07, 6.45) is 0.250. The predicted molar refractivity (Wildman–Crippen MR) is 99.5 cm³/mol. The zero-order chi connectivity index (χ0) is 16.5. The fraction of sp³-hybridized carbons (Fsp3) is 0.400. The number of piperazine rings is 1. The molecule has 0 aliphatic carbocycles. The van der Waals surface area contributed by atoms with Crippen LogP contribution in [-0.2, 0) is 4.74 Å². The van der Waals surface area contributed by atoms with Gasteiger partial charge in [-0.25, -0.2) is 0 Å². The third kappa shape index (κ3) is 5.06. The minimum Gasteiger partial charge on any atom is -0.371 e. The third-order valence-corrected chi connectivity index (χ3v) is 4.34. The standard InChI is InChI=1S/C10H14N2.C10H13NO/c1-2-4-10(5-3-1)12-8-6-11-7-9-12;1-2-4-9(5-3-1)10-8-11-6-7-12-10/h1-5,11H,6-9H2;1-5,10-11H,6-8H2. The van der Waals surface area contributed by atoms with Crippen LogP contribution in [-0.4, -0.2) is 45.9 Å². The summed E-state index contributed by atoms with van der Waals surface area (Å²) in [5.41, 5.74) is 2.61. The molecule has 4 rings (SSSR count). The monoisotopic (exact) mass is 325 g/mol. The van der Waals surface area contributed by atoms with Gasteiger partial charge in [0.1, 0.15) is 0 Å². The van der Waals surface area contributed by atoms with Crippen molar-refractivity contribution in [2.24, 2.45) is 0 Å². The van der Waals surface area contributed by atoms with E-state index >= 15 is 0 Å². The van der Waals surface area contributed by atoms with Crippen molar-refractivity contribution in [3.8, 4) is 0 Å². The SMILES string of the molecule is c1ccc(C2CNCCO2)cc1.c1ccc(N2CCNCC2)cc1. The lowest BCUT2D eigenvalue weighted by molar-refractivity contribution is 0.0277. The van der Waals surface area contributed by atoms with E-state index < -0.39 is 0 Å². The Morgan fingerprint density at radius 1 is 0.792 bits per heavy atom. The van der Waals surface area contributed by atoms with Gasteiger partial charge in [-0.05, 0) is 17.7 Å². The molecule has 0 amide bonds. The second-order valence-electron chi connectivity index (χ2n) is 6.05. The summed E-state index contributed by atoms with van der Waals surface area (Å²) in [5.74, 6) is 0. The molecule has 2 fully saturated rings. The zero-order valence-corrected chi connectivity index (χ0v) is 14.2. The average Bonchev–Trinajstić information content (AvgIpc) is 2.71. The average molecular weight is 325 g/mol. The number of nitrogens with one attached hydrogen (secondary N) is 2. The Bertz CT molecular complexity index is 510. The summed E-state index contributed by atoms with van der Waals surface area (Å²) < 4.78 is 5.60. The van der Waals surface area contributed by atoms with Crippen LogP contribution in [0.1, 0.15) is 11.7 Å². The van der Waals surface area contributed by atoms with E-state index in [9.17, 15) is 0 Å². The second kappa shape index (κ2) is 9.42. The highest BCUT2D eigenvalue weighted by Gasteiger charge is 2.14. The summed E-state index contributed by atoms with van der Waals surface area (Å²) in [4.78, 5) is 2.41. The summed E-state index contributed by atoms with van der Waals surface area (Å²) in [6.45, 7) is 7.20. The Morgan fingerprint density at radius 3 is 2.08 bits per heavy atom. The highest BCUT2D eigenvalue weighted by atomic mass is 16.5. The Kier molecular flexibility index (Phi) is 6.66. The van der Waals surface area contributed by atoms with Gasteiger partial charge in [-0.15, -0.1) is 0 Å². The van der Waals surface area contributed by atoms with Crippen LogP contribution in [0.15, 0.2) is 60.7 Å². The number of nitrogens with zero attached hydrogens (tertiary/aromatic N) is 1. The molecule has 0 bridgehead atoms. The molecule has 2 heterocycles. The molecule has 4 nitrogen and oxygen atoms in total. The van der Waals surface area contributed by atoms with Crippen molar-refractivity contribution in [2.75, 3.05) is 50.8 Å². The number of anilines is 1. The smallest absolute Gasteiger partial charge is 0.0949 e. The highest BCUT2D eigenvalue weighted by molar-refractivity contribution is 5.46. The number of benzene rings is 2. The van der Waals surface area contributed by atoms with Gasteiger partial charge in [0.15, 0.2) is 0 Å². The van der Waals surface area contributed by atoms with Crippen molar-refractivity contribution >= 4 is 5.69 Å². The highest BCUT2D eigenvalue weighted by Crippen LogP contribution is 2.17. The number of morpholine rings is 1. The summed E-state index contributed by atoms with van der Waals surface area (Å²) in [7, 11) is 0. The van der Waals surface area contributed by atoms with E-state index in [2.05, 4.69) is 58.0 Å². The fourth-order valence-electron chi connectivity index (χ4n) is 3.01. The first-order valence-electron chi connectivity index (χ1n) is 8.81. The molecule has 2 aromatic rings. The number of hydrogen-bond acceptors (Lipinski definition) is 4. The van der Waals surface area contributed by atoms with E-state index in [0.717, 1.165) is 45.9 Å². The van der Waals surface area contributed by atoms with Crippen LogP contribution in [0.5, 0.6) is 0 Å². The first-order chi connectivity index (χ1) is 11.9. The molecule has 128 valence electrons. The first kappa shape index (κ1) is 17.0. The van der Waals surface area contributed by atoms with Gasteiger partial charge in [0.25, 0.3) is 0 Å². The third-order valence-electron chi connectivity index (χ3n) is 4.34. The molecule has 2 aliphatic rings. The molecule has 1 unspecified atom stereocenters. The number of rotatable bonds is 2. The minimum absolute atomic E-state index is 0.250. The van der Waals surface area contributed by atoms with Crippen molar-refractivity contribution in [2.45, 2.75) is 6.10 Å². The lowest BCUT2D eigenvalue weighted by atomic mass is 10.1. The fourth-order valence-corrected chi connectivity index (χ4v) is 3.01. The van der Waals surface area contributed by atoms with Crippen molar-refractivity contribution < 1.29 is 4.74 Å². The van der Waals surface area contributed by atoms with Crippen LogP contribution < -0.4 is 15.5 Å². The minimum atomic E-state index is 0.250. The van der Waals surface area contributed by atoms with Gasteiger partial charge in [0, 0.05) is 45.0 Å². The quantitative estimate of drug-likeness (QED) is 0.889. The molecule has 2 aliphatic heterocycles. The second-order valence-corrected chi connectivity index (χ2v) is 6.05. The van der Waals surface area contributed by atoms with Gasteiger partial charge >= 0.3 is 0 Å². The van der Waals surface area contributed by atoms with Crippen molar-refractivity contribution in [1.82, 2.24) is 10.6 Å². The molecule has 24 heavy (non-hydrogen) atoms. The van der Waals surface area contributed by atoms with Crippen LogP contribution in [0.4, 0.5) is 5.69 Å². The molecule has 1 atom stereocenters. The van der Waals surface area contributed by atoms with Crippen molar-refractivity contribution in [3.05, 3.63) is 66.2 Å². The Balaban J connectivity index is 0.000000141. The maximum atomic E-state index is 5.60. The summed E-state index contributed by atoms with van der Waals surface area (Å²) in [6, 6.07) is 20.9. The molecular formula is C20H27N3O. The van der Waals surface area contributed by atoms with Crippen LogP contribution in [0.2, 0.25) is 0 Å². The van der Waals surface area contributed by atoms with Gasteiger partial charge in [-0.2, -0.15) is 0 Å². The Labute approximate surface area is 144 Å². The lowest BCUT2D eigenvalue weighted by Crippen LogP contribution is -2.43. The number of ether oxygens (including phenoxy) is 1. The van der Waals surface area contributed by atoms with E-state index in [1.165, 1.54) is 11.3 Å². The van der Waals surface area contributed by atoms with Crippen LogP contribution >= 0.6 is 0 Å². The van der Waals surface area contributed by atoms with Gasteiger partial charge in [-0.3, -0.25) is 0 Å². The molecular weight excluding hydrogens is 298 g/mol. The van der Waals surface area contributed by atoms with Crippen molar-refractivity contribution in [3.63, 3.8) is 0 Å². The first-order valence-corrected chi connectivity index (χ1v) is 8.81. The molecule has 2 N–H and O–H groups in total. The maximum Gasteiger partial charge on any atom is 0.0949 e. The topological polar surface area (TPSA) is 36.5 Å². The largest absolute Gasteiger partial charge is 0.371 e.